The van der Waals surface area contributed by atoms with E-state index in [0.29, 0.717) is 36.2 Å². The lowest BCUT2D eigenvalue weighted by Crippen LogP contribution is -2.60. The molecule has 152 valence electrons. The van der Waals surface area contributed by atoms with Gasteiger partial charge >= 0.3 is 11.9 Å². The number of carboxylic acid groups (broad SMARTS) is 1. The fourth-order valence-corrected chi connectivity index (χ4v) is 8.33. The van der Waals surface area contributed by atoms with Crippen LogP contribution in [0, 0.1) is 39.9 Å². The van der Waals surface area contributed by atoms with E-state index in [2.05, 4.69) is 6.92 Å². The highest BCUT2D eigenvalue weighted by atomic mass is 16.5. The maximum Gasteiger partial charge on any atom is 0.313 e. The number of hydrogen-bond donors (Lipinski definition) is 2. The molecule has 4 rings (SSSR count). The SMILES string of the molecule is CC(=O)OC[C@@]1(C(=O)O)CCC[C@]2(C)[C@@H]1CC[C@]13C[C@@H](CO)[C@H](CC[C@@H]12)C3. The Hall–Kier alpha value is -1.10. The van der Waals surface area contributed by atoms with Crippen LogP contribution in [-0.4, -0.2) is 35.4 Å². The van der Waals surface area contributed by atoms with Crippen molar-refractivity contribution in [3.05, 3.63) is 0 Å². The zero-order chi connectivity index (χ0) is 19.4. The van der Waals surface area contributed by atoms with Crippen LogP contribution in [0.15, 0.2) is 0 Å². The van der Waals surface area contributed by atoms with E-state index in [1.54, 1.807) is 0 Å². The molecule has 4 saturated carbocycles. The average molecular weight is 379 g/mol. The molecule has 7 atom stereocenters. The lowest BCUT2D eigenvalue weighted by atomic mass is 9.40. The molecule has 0 aromatic heterocycles. The van der Waals surface area contributed by atoms with Gasteiger partial charge in [0, 0.05) is 13.5 Å². The number of aliphatic hydroxyl groups is 1. The predicted molar refractivity (Wildman–Crippen MR) is 99.8 cm³/mol. The number of carbonyl (C=O) groups excluding carboxylic acids is 1. The number of carboxylic acids is 1. The number of fused-ring (bicyclic) bond motifs is 3. The van der Waals surface area contributed by atoms with E-state index in [-0.39, 0.29) is 17.9 Å². The molecule has 4 fully saturated rings. The monoisotopic (exact) mass is 378 g/mol. The second kappa shape index (κ2) is 6.47. The van der Waals surface area contributed by atoms with E-state index in [9.17, 15) is 19.8 Å². The van der Waals surface area contributed by atoms with Crippen LogP contribution in [0.25, 0.3) is 0 Å². The van der Waals surface area contributed by atoms with Crippen molar-refractivity contribution in [3.63, 3.8) is 0 Å². The number of esters is 1. The molecule has 0 heterocycles. The van der Waals surface area contributed by atoms with Crippen molar-refractivity contribution in [3.8, 4) is 0 Å². The summed E-state index contributed by atoms with van der Waals surface area (Å²) in [6.07, 6.45) is 9.22. The van der Waals surface area contributed by atoms with E-state index >= 15 is 0 Å². The molecule has 2 N–H and O–H groups in total. The van der Waals surface area contributed by atoms with E-state index < -0.39 is 17.4 Å². The molecule has 5 heteroatoms. The van der Waals surface area contributed by atoms with Gasteiger partial charge in [-0.2, -0.15) is 0 Å². The van der Waals surface area contributed by atoms with E-state index in [1.165, 1.54) is 19.8 Å². The molecule has 4 aliphatic rings. The highest BCUT2D eigenvalue weighted by molar-refractivity contribution is 5.76. The van der Waals surface area contributed by atoms with Crippen LogP contribution in [-0.2, 0) is 14.3 Å². The first-order valence-corrected chi connectivity index (χ1v) is 10.7. The van der Waals surface area contributed by atoms with Crippen molar-refractivity contribution in [1.29, 1.82) is 0 Å². The van der Waals surface area contributed by atoms with Crippen molar-refractivity contribution in [2.75, 3.05) is 13.2 Å². The van der Waals surface area contributed by atoms with E-state index in [4.69, 9.17) is 4.74 Å². The Kier molecular flexibility index (Phi) is 4.60. The van der Waals surface area contributed by atoms with Crippen molar-refractivity contribution in [2.45, 2.75) is 71.6 Å². The Morgan fingerprint density at radius 1 is 1.07 bits per heavy atom. The number of rotatable bonds is 4. The van der Waals surface area contributed by atoms with Crippen molar-refractivity contribution >= 4 is 11.9 Å². The third-order valence-corrected chi connectivity index (χ3v) is 9.29. The first-order chi connectivity index (χ1) is 12.8. The van der Waals surface area contributed by atoms with E-state index in [0.717, 1.165) is 38.5 Å². The molecule has 0 aromatic carbocycles. The Balaban J connectivity index is 1.68. The van der Waals surface area contributed by atoms with Gasteiger partial charge in [-0.25, -0.2) is 0 Å². The largest absolute Gasteiger partial charge is 0.481 e. The summed E-state index contributed by atoms with van der Waals surface area (Å²) in [6.45, 7) is 4.01. The van der Waals surface area contributed by atoms with Crippen molar-refractivity contribution < 1.29 is 24.5 Å². The Bertz CT molecular complexity index is 632. The summed E-state index contributed by atoms with van der Waals surface area (Å²) >= 11 is 0. The highest BCUT2D eigenvalue weighted by Gasteiger charge is 2.67. The lowest BCUT2D eigenvalue weighted by molar-refractivity contribution is -0.195. The smallest absolute Gasteiger partial charge is 0.313 e. The van der Waals surface area contributed by atoms with Gasteiger partial charge in [0.2, 0.25) is 0 Å². The normalized spacial score (nSPS) is 48.4. The average Bonchev–Trinajstić information content (AvgIpc) is 2.89. The first-order valence-electron chi connectivity index (χ1n) is 10.7. The fourth-order valence-electron chi connectivity index (χ4n) is 8.33. The van der Waals surface area contributed by atoms with Gasteiger partial charge in [-0.3, -0.25) is 9.59 Å². The zero-order valence-corrected chi connectivity index (χ0v) is 16.7. The second-order valence-electron chi connectivity index (χ2n) is 10.3. The lowest BCUT2D eigenvalue weighted by Gasteiger charge is -2.63. The van der Waals surface area contributed by atoms with E-state index in [1.807, 2.05) is 0 Å². The predicted octanol–water partition coefficient (Wildman–Crippen LogP) is 3.64. The molecule has 5 nitrogen and oxygen atoms in total. The Labute approximate surface area is 161 Å². The van der Waals surface area contributed by atoms with Crippen LogP contribution in [0.4, 0.5) is 0 Å². The molecular formula is C22H34O5. The van der Waals surface area contributed by atoms with Gasteiger partial charge in [0.25, 0.3) is 0 Å². The molecular weight excluding hydrogens is 344 g/mol. The minimum Gasteiger partial charge on any atom is -0.481 e. The third kappa shape index (κ3) is 2.67. The quantitative estimate of drug-likeness (QED) is 0.730. The summed E-state index contributed by atoms with van der Waals surface area (Å²) in [5.41, 5.74) is -0.652. The van der Waals surface area contributed by atoms with Crippen LogP contribution >= 0.6 is 0 Å². The summed E-state index contributed by atoms with van der Waals surface area (Å²) in [6, 6.07) is 0. The zero-order valence-electron chi connectivity index (χ0n) is 16.7. The number of aliphatic hydroxyl groups excluding tert-OH is 1. The third-order valence-electron chi connectivity index (χ3n) is 9.29. The maximum atomic E-state index is 12.5. The summed E-state index contributed by atoms with van der Waals surface area (Å²) in [5, 5.41) is 20.1. The van der Waals surface area contributed by atoms with Gasteiger partial charge in [-0.1, -0.05) is 13.3 Å². The number of hydrogen-bond acceptors (Lipinski definition) is 4. The molecule has 0 amide bonds. The van der Waals surface area contributed by atoms with Gasteiger partial charge in [0.15, 0.2) is 0 Å². The van der Waals surface area contributed by atoms with Crippen LogP contribution in [0.3, 0.4) is 0 Å². The molecule has 27 heavy (non-hydrogen) atoms. The van der Waals surface area contributed by atoms with Crippen LogP contribution in [0.1, 0.15) is 71.6 Å². The van der Waals surface area contributed by atoms with Crippen LogP contribution < -0.4 is 0 Å². The molecule has 4 aliphatic carbocycles. The topological polar surface area (TPSA) is 83.8 Å². The Morgan fingerprint density at radius 3 is 2.52 bits per heavy atom. The van der Waals surface area contributed by atoms with Gasteiger partial charge < -0.3 is 14.9 Å². The molecule has 1 spiro atoms. The standard InChI is InChI=1S/C22H34O5/c1-14(24)27-13-22(19(25)26)8-3-7-20(2)17-5-4-15-10-21(17,9-6-18(20)22)11-16(15)12-23/h15-18,23H,3-13H2,1-2H3,(H,25,26)/t15-,16+,17-,18+,20+,21+,22+/m1/s1. The number of carbonyl (C=O) groups is 2. The molecule has 2 bridgehead atoms. The summed E-state index contributed by atoms with van der Waals surface area (Å²) < 4.78 is 5.32. The fraction of sp³-hybridized carbons (Fsp3) is 0.909. The molecule has 0 aliphatic heterocycles. The summed E-state index contributed by atoms with van der Waals surface area (Å²) in [5.74, 6) is 0.509. The van der Waals surface area contributed by atoms with Crippen LogP contribution in [0.5, 0.6) is 0 Å². The number of aliphatic carboxylic acids is 1. The summed E-state index contributed by atoms with van der Waals surface area (Å²) in [4.78, 5) is 23.9. The van der Waals surface area contributed by atoms with Gasteiger partial charge in [0.1, 0.15) is 12.0 Å². The van der Waals surface area contributed by atoms with Crippen LogP contribution in [0.2, 0.25) is 0 Å². The first kappa shape index (κ1) is 19.2. The van der Waals surface area contributed by atoms with Crippen molar-refractivity contribution in [1.82, 2.24) is 0 Å². The molecule has 0 radical (unpaired) electrons. The van der Waals surface area contributed by atoms with Gasteiger partial charge in [-0.15, -0.1) is 0 Å². The Morgan fingerprint density at radius 2 is 1.85 bits per heavy atom. The maximum absolute atomic E-state index is 12.5. The minimum atomic E-state index is -0.938. The number of ether oxygens (including phenoxy) is 1. The minimum absolute atomic E-state index is 0.00957. The second-order valence-corrected chi connectivity index (χ2v) is 10.3. The summed E-state index contributed by atoms with van der Waals surface area (Å²) in [7, 11) is 0. The van der Waals surface area contributed by atoms with Crippen molar-refractivity contribution in [2.24, 2.45) is 39.9 Å². The molecule has 0 aromatic rings. The highest BCUT2D eigenvalue weighted by Crippen LogP contribution is 2.72. The van der Waals surface area contributed by atoms with Gasteiger partial charge in [0.05, 0.1) is 0 Å². The molecule has 0 saturated heterocycles. The molecule has 0 unspecified atom stereocenters. The van der Waals surface area contributed by atoms with Gasteiger partial charge in [-0.05, 0) is 85.9 Å².